The third-order valence-electron chi connectivity index (χ3n) is 2.97. The number of hydrogen-bond donors (Lipinski definition) is 0. The molecule has 0 radical (unpaired) electrons. The highest BCUT2D eigenvalue weighted by Crippen LogP contribution is 2.27. The molecule has 0 fully saturated rings. The van der Waals surface area contributed by atoms with Gasteiger partial charge >= 0.3 is 0 Å². The SMILES string of the molecule is C=CC(=O)C1CC=C(Cc2nccs2)CC1. The molecule has 2 nitrogen and oxygen atoms in total. The van der Waals surface area contributed by atoms with E-state index in [1.807, 2.05) is 11.6 Å². The minimum Gasteiger partial charge on any atom is -0.295 e. The van der Waals surface area contributed by atoms with Gasteiger partial charge in [-0.2, -0.15) is 0 Å². The van der Waals surface area contributed by atoms with E-state index in [0.29, 0.717) is 0 Å². The third kappa shape index (κ3) is 2.67. The Labute approximate surface area is 99.7 Å². The quantitative estimate of drug-likeness (QED) is 0.590. The van der Waals surface area contributed by atoms with E-state index >= 15 is 0 Å². The summed E-state index contributed by atoms with van der Waals surface area (Å²) >= 11 is 1.69. The van der Waals surface area contributed by atoms with E-state index in [1.165, 1.54) is 16.7 Å². The molecule has 84 valence electrons. The minimum absolute atomic E-state index is 0.164. The van der Waals surface area contributed by atoms with Crippen LogP contribution in [0.2, 0.25) is 0 Å². The van der Waals surface area contributed by atoms with Crippen molar-refractivity contribution in [3.8, 4) is 0 Å². The fourth-order valence-electron chi connectivity index (χ4n) is 2.01. The molecule has 1 unspecified atom stereocenters. The molecule has 1 aromatic heterocycles. The van der Waals surface area contributed by atoms with E-state index in [4.69, 9.17) is 0 Å². The van der Waals surface area contributed by atoms with E-state index in [-0.39, 0.29) is 11.7 Å². The number of aromatic nitrogens is 1. The van der Waals surface area contributed by atoms with Crippen molar-refractivity contribution in [1.29, 1.82) is 0 Å². The first kappa shape index (κ1) is 11.3. The van der Waals surface area contributed by atoms with Crippen molar-refractivity contribution >= 4 is 17.1 Å². The molecule has 0 aliphatic heterocycles. The maximum Gasteiger partial charge on any atom is 0.158 e. The topological polar surface area (TPSA) is 30.0 Å². The fourth-order valence-corrected chi connectivity index (χ4v) is 2.68. The summed E-state index contributed by atoms with van der Waals surface area (Å²) in [5.41, 5.74) is 1.42. The maximum absolute atomic E-state index is 11.4. The van der Waals surface area contributed by atoms with Gasteiger partial charge in [0.05, 0.1) is 5.01 Å². The molecule has 16 heavy (non-hydrogen) atoms. The summed E-state index contributed by atoms with van der Waals surface area (Å²) in [6, 6.07) is 0. The van der Waals surface area contributed by atoms with Crippen LogP contribution >= 0.6 is 11.3 Å². The largest absolute Gasteiger partial charge is 0.295 e. The van der Waals surface area contributed by atoms with E-state index in [1.54, 1.807) is 11.3 Å². The summed E-state index contributed by atoms with van der Waals surface area (Å²) in [6.07, 6.45) is 9.29. The molecule has 0 N–H and O–H groups in total. The van der Waals surface area contributed by atoms with Crippen molar-refractivity contribution in [3.63, 3.8) is 0 Å². The molecular formula is C13H15NOS. The molecule has 1 atom stereocenters. The summed E-state index contributed by atoms with van der Waals surface area (Å²) in [6.45, 7) is 3.54. The molecule has 0 aromatic carbocycles. The van der Waals surface area contributed by atoms with Gasteiger partial charge in [0.15, 0.2) is 5.78 Å². The average Bonchev–Trinajstić information content (AvgIpc) is 2.82. The molecule has 0 bridgehead atoms. The summed E-state index contributed by atoms with van der Waals surface area (Å²) < 4.78 is 0. The summed E-state index contributed by atoms with van der Waals surface area (Å²) in [5.74, 6) is 0.349. The Hall–Kier alpha value is -1.22. The van der Waals surface area contributed by atoms with Crippen LogP contribution in [0.1, 0.15) is 24.3 Å². The number of hydrogen-bond acceptors (Lipinski definition) is 3. The van der Waals surface area contributed by atoms with Gasteiger partial charge in [-0.3, -0.25) is 4.79 Å². The van der Waals surface area contributed by atoms with Crippen molar-refractivity contribution < 1.29 is 4.79 Å². The fraction of sp³-hybridized carbons (Fsp3) is 0.385. The first-order valence-corrected chi connectivity index (χ1v) is 6.40. The number of carbonyl (C=O) groups excluding carboxylic acids is 1. The van der Waals surface area contributed by atoms with Crippen molar-refractivity contribution in [2.24, 2.45) is 5.92 Å². The van der Waals surface area contributed by atoms with Crippen LogP contribution in [-0.2, 0) is 11.2 Å². The summed E-state index contributed by atoms with van der Waals surface area (Å²) in [5, 5.41) is 3.17. The second-order valence-corrected chi connectivity index (χ2v) is 5.02. The van der Waals surface area contributed by atoms with Gasteiger partial charge in [0.25, 0.3) is 0 Å². The highest BCUT2D eigenvalue weighted by Gasteiger charge is 2.19. The van der Waals surface area contributed by atoms with Crippen LogP contribution in [0.25, 0.3) is 0 Å². The lowest BCUT2D eigenvalue weighted by molar-refractivity contribution is -0.118. The summed E-state index contributed by atoms with van der Waals surface area (Å²) in [7, 11) is 0. The number of ketones is 1. The highest BCUT2D eigenvalue weighted by atomic mass is 32.1. The first-order valence-electron chi connectivity index (χ1n) is 5.52. The zero-order valence-corrected chi connectivity index (χ0v) is 10.0. The van der Waals surface area contributed by atoms with E-state index in [9.17, 15) is 4.79 Å². The van der Waals surface area contributed by atoms with Crippen LogP contribution in [-0.4, -0.2) is 10.8 Å². The van der Waals surface area contributed by atoms with Crippen LogP contribution in [0.5, 0.6) is 0 Å². The lowest BCUT2D eigenvalue weighted by atomic mass is 9.86. The molecule has 0 amide bonds. The first-order chi connectivity index (χ1) is 7.79. The molecule has 1 aromatic rings. The monoisotopic (exact) mass is 233 g/mol. The molecule has 3 heteroatoms. The van der Waals surface area contributed by atoms with Gasteiger partial charge in [-0.1, -0.05) is 18.2 Å². The molecule has 0 saturated heterocycles. The van der Waals surface area contributed by atoms with Gasteiger partial charge in [0.2, 0.25) is 0 Å². The van der Waals surface area contributed by atoms with Crippen LogP contribution in [0, 0.1) is 5.92 Å². The van der Waals surface area contributed by atoms with E-state index < -0.39 is 0 Å². The molecular weight excluding hydrogens is 218 g/mol. The highest BCUT2D eigenvalue weighted by molar-refractivity contribution is 7.09. The second kappa shape index (κ2) is 5.21. The normalized spacial score (nSPS) is 20.2. The van der Waals surface area contributed by atoms with E-state index in [2.05, 4.69) is 17.6 Å². The Morgan fingerprint density at radius 2 is 2.56 bits per heavy atom. The van der Waals surface area contributed by atoms with Crippen molar-refractivity contribution in [2.75, 3.05) is 0 Å². The second-order valence-electron chi connectivity index (χ2n) is 4.04. The Balaban J connectivity index is 1.93. The van der Waals surface area contributed by atoms with Crippen molar-refractivity contribution in [2.45, 2.75) is 25.7 Å². The molecule has 1 aliphatic carbocycles. The Bertz CT molecular complexity index is 406. The number of rotatable bonds is 4. The molecule has 1 heterocycles. The van der Waals surface area contributed by atoms with Crippen LogP contribution in [0.4, 0.5) is 0 Å². The van der Waals surface area contributed by atoms with Crippen molar-refractivity contribution in [1.82, 2.24) is 4.98 Å². The zero-order valence-electron chi connectivity index (χ0n) is 9.19. The minimum atomic E-state index is 0.164. The van der Waals surface area contributed by atoms with Crippen LogP contribution in [0.3, 0.4) is 0 Å². The number of nitrogens with zero attached hydrogens (tertiary/aromatic N) is 1. The van der Waals surface area contributed by atoms with Crippen LogP contribution < -0.4 is 0 Å². The smallest absolute Gasteiger partial charge is 0.158 e. The lowest BCUT2D eigenvalue weighted by Crippen LogP contribution is -2.15. The standard InChI is InChI=1S/C13H15NOS/c1-2-12(15)11-5-3-10(4-6-11)9-13-14-7-8-16-13/h2-3,7-8,11H,1,4-6,9H2. The van der Waals surface area contributed by atoms with Crippen molar-refractivity contribution in [3.05, 3.63) is 40.9 Å². The van der Waals surface area contributed by atoms with E-state index in [0.717, 1.165) is 25.7 Å². The van der Waals surface area contributed by atoms with Gasteiger partial charge in [0.1, 0.15) is 0 Å². The molecule has 2 rings (SSSR count). The Kier molecular flexibility index (Phi) is 3.67. The predicted molar refractivity (Wildman–Crippen MR) is 66.4 cm³/mol. The lowest BCUT2D eigenvalue weighted by Gasteiger charge is -2.19. The molecule has 0 spiro atoms. The van der Waals surface area contributed by atoms with Gasteiger partial charge in [-0.15, -0.1) is 11.3 Å². The molecule has 1 aliphatic rings. The number of allylic oxidation sites excluding steroid dienone is 3. The van der Waals surface area contributed by atoms with Gasteiger partial charge < -0.3 is 0 Å². The Morgan fingerprint density at radius 3 is 3.12 bits per heavy atom. The van der Waals surface area contributed by atoms with Gasteiger partial charge in [-0.25, -0.2) is 4.98 Å². The van der Waals surface area contributed by atoms with Gasteiger partial charge in [-0.05, 0) is 25.3 Å². The summed E-state index contributed by atoms with van der Waals surface area (Å²) in [4.78, 5) is 15.7. The maximum atomic E-state index is 11.4. The number of thiazole rings is 1. The third-order valence-corrected chi connectivity index (χ3v) is 3.75. The number of carbonyl (C=O) groups is 1. The average molecular weight is 233 g/mol. The predicted octanol–water partition coefficient (Wildman–Crippen LogP) is 3.17. The zero-order chi connectivity index (χ0) is 11.4. The Morgan fingerprint density at radius 1 is 1.69 bits per heavy atom. The van der Waals surface area contributed by atoms with Gasteiger partial charge in [0, 0.05) is 23.9 Å². The van der Waals surface area contributed by atoms with Crippen LogP contribution in [0.15, 0.2) is 35.9 Å². The molecule has 0 saturated carbocycles.